The van der Waals surface area contributed by atoms with Gasteiger partial charge >= 0.3 is 12.3 Å². The minimum absolute atomic E-state index is 0.00228. The molecule has 12 nitrogen and oxygen atoms in total. The zero-order chi connectivity index (χ0) is 30.3. The molecule has 17 heteroatoms. The van der Waals surface area contributed by atoms with Crippen molar-refractivity contribution in [3.8, 4) is 11.3 Å². The summed E-state index contributed by atoms with van der Waals surface area (Å²) in [5.41, 5.74) is -1.97. The molecule has 3 aromatic rings. The molecular formula is C24H27ClF3N7O5S. The fourth-order valence-electron chi connectivity index (χ4n) is 4.12. The molecular weight excluding hydrogens is 591 g/mol. The summed E-state index contributed by atoms with van der Waals surface area (Å²) in [7, 11) is -2.66. The number of nitrogens with one attached hydrogen (secondary N) is 2. The highest BCUT2D eigenvalue weighted by Gasteiger charge is 2.38. The average molecular weight is 618 g/mol. The fraction of sp³-hybridized carbons (Fsp3) is 0.417. The smallest absolute Gasteiger partial charge is 0.435 e. The van der Waals surface area contributed by atoms with E-state index in [1.165, 1.54) is 39.0 Å². The zero-order valence-electron chi connectivity index (χ0n) is 22.4. The van der Waals surface area contributed by atoms with E-state index in [0.29, 0.717) is 0 Å². The lowest BCUT2D eigenvalue weighted by Crippen LogP contribution is -2.51. The fourth-order valence-corrected chi connectivity index (χ4v) is 6.06. The molecule has 0 unspecified atom stereocenters. The number of rotatable bonds is 5. The number of carbonyl (C=O) groups excluding carboxylic acids is 2. The van der Waals surface area contributed by atoms with Crippen molar-refractivity contribution in [1.29, 1.82) is 0 Å². The maximum atomic E-state index is 13.3. The van der Waals surface area contributed by atoms with Gasteiger partial charge in [0.05, 0.1) is 22.5 Å². The Kier molecular flexibility index (Phi) is 8.12. The van der Waals surface area contributed by atoms with Crippen molar-refractivity contribution >= 4 is 39.3 Å². The summed E-state index contributed by atoms with van der Waals surface area (Å²) in [5, 5.41) is 7.77. The number of hydrogen-bond donors (Lipinski definition) is 2. The number of carbonyl (C=O) groups is 2. The van der Waals surface area contributed by atoms with Crippen molar-refractivity contribution in [2.45, 2.75) is 37.4 Å². The van der Waals surface area contributed by atoms with Gasteiger partial charge in [0.1, 0.15) is 10.5 Å². The highest BCUT2D eigenvalue weighted by Crippen LogP contribution is 2.35. The van der Waals surface area contributed by atoms with Gasteiger partial charge in [-0.2, -0.15) is 22.6 Å². The minimum Gasteiger partial charge on any atom is -0.444 e. The van der Waals surface area contributed by atoms with Crippen molar-refractivity contribution in [2.75, 3.05) is 31.5 Å². The Morgan fingerprint density at radius 3 is 2.37 bits per heavy atom. The van der Waals surface area contributed by atoms with Gasteiger partial charge in [0.2, 0.25) is 10.0 Å². The number of benzene rings is 1. The SMILES string of the molecule is Cn1c(-c2c[nH]nc2C(F)(F)F)cnc1C(=O)Nc1ccc(S(=O)(=O)N2CCN(C(=O)OC(C)(C)C)CC2)c(Cl)c1. The monoisotopic (exact) mass is 617 g/mol. The Morgan fingerprint density at radius 1 is 1.12 bits per heavy atom. The van der Waals surface area contributed by atoms with E-state index in [2.05, 4.69) is 20.5 Å². The molecule has 2 aromatic heterocycles. The average Bonchev–Trinajstić information content (AvgIpc) is 3.49. The Bertz CT molecular complexity index is 1570. The number of aromatic amines is 1. The molecule has 0 atom stereocenters. The first-order valence-corrected chi connectivity index (χ1v) is 14.0. The molecule has 0 radical (unpaired) electrons. The third kappa shape index (κ3) is 6.49. The van der Waals surface area contributed by atoms with Gasteiger partial charge in [-0.25, -0.2) is 18.2 Å². The molecule has 1 aliphatic heterocycles. The highest BCUT2D eigenvalue weighted by atomic mass is 35.5. The number of anilines is 1. The van der Waals surface area contributed by atoms with Gasteiger partial charge in [-0.05, 0) is 39.0 Å². The van der Waals surface area contributed by atoms with Crippen LogP contribution in [0.2, 0.25) is 5.02 Å². The summed E-state index contributed by atoms with van der Waals surface area (Å²) < 4.78 is 74.0. The first-order valence-electron chi connectivity index (χ1n) is 12.2. The quantitative estimate of drug-likeness (QED) is 0.441. The van der Waals surface area contributed by atoms with Crippen molar-refractivity contribution in [1.82, 2.24) is 29.0 Å². The number of piperazine rings is 1. The normalized spacial score (nSPS) is 15.2. The van der Waals surface area contributed by atoms with Crippen LogP contribution in [0.5, 0.6) is 0 Å². The van der Waals surface area contributed by atoms with Crippen molar-refractivity contribution < 1.29 is 35.9 Å². The largest absolute Gasteiger partial charge is 0.444 e. The molecule has 1 saturated heterocycles. The number of hydrogen-bond acceptors (Lipinski definition) is 7. The lowest BCUT2D eigenvalue weighted by molar-refractivity contribution is -0.140. The maximum absolute atomic E-state index is 13.3. The second-order valence-corrected chi connectivity index (χ2v) is 12.5. The zero-order valence-corrected chi connectivity index (χ0v) is 24.0. The summed E-state index contributed by atoms with van der Waals surface area (Å²) in [4.78, 5) is 30.3. The molecule has 0 aliphatic carbocycles. The van der Waals surface area contributed by atoms with Gasteiger partial charge in [0, 0.05) is 45.1 Å². The number of ether oxygens (including phenoxy) is 1. The Morgan fingerprint density at radius 2 is 1.78 bits per heavy atom. The number of H-pyrrole nitrogens is 1. The van der Waals surface area contributed by atoms with E-state index in [4.69, 9.17) is 16.3 Å². The molecule has 4 rings (SSSR count). The Labute approximate surface area is 238 Å². The number of imidazole rings is 1. The molecule has 0 bridgehead atoms. The lowest BCUT2D eigenvalue weighted by Gasteiger charge is -2.35. The van der Waals surface area contributed by atoms with Gasteiger partial charge in [-0.1, -0.05) is 11.6 Å². The van der Waals surface area contributed by atoms with Gasteiger partial charge in [-0.15, -0.1) is 0 Å². The van der Waals surface area contributed by atoms with Crippen LogP contribution in [0.15, 0.2) is 35.5 Å². The summed E-state index contributed by atoms with van der Waals surface area (Å²) in [6.45, 7) is 5.55. The molecule has 3 heterocycles. The predicted octanol–water partition coefficient (Wildman–Crippen LogP) is 3.98. The lowest BCUT2D eigenvalue weighted by atomic mass is 10.2. The van der Waals surface area contributed by atoms with Gasteiger partial charge < -0.3 is 19.5 Å². The number of halogens is 4. The summed E-state index contributed by atoms with van der Waals surface area (Å²) in [6.07, 6.45) is -3.08. The second-order valence-electron chi connectivity index (χ2n) is 10.1. The third-order valence-corrected chi connectivity index (χ3v) is 8.46. The highest BCUT2D eigenvalue weighted by molar-refractivity contribution is 7.89. The predicted molar refractivity (Wildman–Crippen MR) is 142 cm³/mol. The van der Waals surface area contributed by atoms with E-state index in [0.717, 1.165) is 12.4 Å². The summed E-state index contributed by atoms with van der Waals surface area (Å²) in [6, 6.07) is 3.80. The van der Waals surface area contributed by atoms with E-state index in [9.17, 15) is 31.2 Å². The first kappa shape index (κ1) is 30.3. The second kappa shape index (κ2) is 11.0. The molecule has 222 valence electrons. The molecule has 0 saturated carbocycles. The number of nitrogens with zero attached hydrogens (tertiary/aromatic N) is 5. The van der Waals surface area contributed by atoms with Crippen LogP contribution < -0.4 is 5.32 Å². The standard InChI is InChI=1S/C24H27ClF3N7O5S/c1-23(2,3)40-22(37)34-7-9-35(10-8-34)41(38,39)18-6-5-14(11-16(18)25)31-21(36)20-29-13-17(33(20)4)15-12-30-32-19(15)24(26,27)28/h5-6,11-13H,7-10H2,1-4H3,(H,30,32)(H,31,36). The number of aromatic nitrogens is 4. The van der Waals surface area contributed by atoms with E-state index in [1.807, 2.05) is 0 Å². The van der Waals surface area contributed by atoms with Crippen LogP contribution in [0.25, 0.3) is 11.3 Å². The summed E-state index contributed by atoms with van der Waals surface area (Å²) in [5.74, 6) is -0.967. The van der Waals surface area contributed by atoms with Crippen LogP contribution in [0, 0.1) is 0 Å². The van der Waals surface area contributed by atoms with E-state index >= 15 is 0 Å². The summed E-state index contributed by atoms with van der Waals surface area (Å²) >= 11 is 6.30. The molecule has 0 spiro atoms. The van der Waals surface area contributed by atoms with E-state index < -0.39 is 39.5 Å². The van der Waals surface area contributed by atoms with E-state index in [1.54, 1.807) is 20.8 Å². The molecule has 2 N–H and O–H groups in total. The molecule has 1 fully saturated rings. The molecule has 1 aromatic carbocycles. The van der Waals surface area contributed by atoms with Crippen molar-refractivity contribution in [2.24, 2.45) is 7.05 Å². The Hall–Kier alpha value is -3.63. The number of amides is 2. The van der Waals surface area contributed by atoms with Crippen LogP contribution >= 0.6 is 11.6 Å². The minimum atomic E-state index is -4.72. The maximum Gasteiger partial charge on any atom is 0.435 e. The van der Waals surface area contributed by atoms with E-state index in [-0.39, 0.29) is 58.9 Å². The molecule has 2 amide bonds. The van der Waals surface area contributed by atoms with Crippen molar-refractivity contribution in [3.05, 3.63) is 47.1 Å². The number of alkyl halides is 3. The molecule has 1 aliphatic rings. The van der Waals surface area contributed by atoms with Crippen LogP contribution in [0.1, 0.15) is 37.1 Å². The van der Waals surface area contributed by atoms with Gasteiger partial charge in [-0.3, -0.25) is 9.89 Å². The molecule has 41 heavy (non-hydrogen) atoms. The van der Waals surface area contributed by atoms with Gasteiger partial charge in [0.25, 0.3) is 5.91 Å². The van der Waals surface area contributed by atoms with Crippen molar-refractivity contribution in [3.63, 3.8) is 0 Å². The van der Waals surface area contributed by atoms with Crippen LogP contribution in [0.3, 0.4) is 0 Å². The topological polar surface area (TPSA) is 143 Å². The van der Waals surface area contributed by atoms with Crippen LogP contribution in [-0.2, 0) is 28.0 Å². The third-order valence-electron chi connectivity index (χ3n) is 6.07. The number of sulfonamides is 1. The van der Waals surface area contributed by atoms with Gasteiger partial charge in [0.15, 0.2) is 11.5 Å². The van der Waals surface area contributed by atoms with Crippen LogP contribution in [0.4, 0.5) is 23.7 Å². The first-order chi connectivity index (χ1) is 19.0. The van der Waals surface area contributed by atoms with Crippen LogP contribution in [-0.4, -0.2) is 81.2 Å². The Balaban J connectivity index is 1.45.